The van der Waals surface area contributed by atoms with Gasteiger partial charge in [-0.1, -0.05) is 124 Å². The Bertz CT molecular complexity index is 3000. The Morgan fingerprint density at radius 1 is 0.627 bits per heavy atom. The van der Waals surface area contributed by atoms with Gasteiger partial charge in [-0.25, -0.2) is 0 Å². The van der Waals surface area contributed by atoms with E-state index in [0.717, 1.165) is 68.7 Å². The highest BCUT2D eigenvalue weighted by molar-refractivity contribution is 8.00. The van der Waals surface area contributed by atoms with Crippen LogP contribution in [0.4, 0.5) is 34.1 Å². The van der Waals surface area contributed by atoms with Crippen LogP contribution in [0, 0.1) is 0 Å². The summed E-state index contributed by atoms with van der Waals surface area (Å²) in [5.41, 5.74) is 13.6. The molecule has 0 amide bonds. The first-order chi connectivity index (χ1) is 33.5. The zero-order valence-electron chi connectivity index (χ0n) is 39.7. The van der Waals surface area contributed by atoms with Gasteiger partial charge in [-0.2, -0.15) is 4.58 Å². The number of aliphatic hydroxyl groups excluding tert-OH is 2. The molecule has 0 unspecified atom stereocenters. The first-order valence-electron chi connectivity index (χ1n) is 24.7. The van der Waals surface area contributed by atoms with Gasteiger partial charge in [0, 0.05) is 78.3 Å². The highest BCUT2D eigenvalue weighted by Gasteiger charge is 2.34. The molecule has 0 aromatic heterocycles. The number of rotatable bonds is 19. The van der Waals surface area contributed by atoms with E-state index in [9.17, 15) is 5.11 Å². The third-order valence-electron chi connectivity index (χ3n) is 13.2. The Morgan fingerprint density at radius 2 is 1.28 bits per heavy atom. The van der Waals surface area contributed by atoms with Crippen LogP contribution in [0.15, 0.2) is 170 Å². The number of benzene rings is 7. The molecule has 0 radical (unpaired) electrons. The molecule has 0 bridgehead atoms. The minimum Gasteiger partial charge on any atom is -0.456 e. The predicted octanol–water partition coefficient (Wildman–Crippen LogP) is 15.1. The van der Waals surface area contributed by atoms with E-state index in [1.165, 1.54) is 99.1 Å². The molecule has 0 fully saturated rings. The molecule has 6 aromatic carbocycles. The summed E-state index contributed by atoms with van der Waals surface area (Å²) in [6, 6.07) is 52.7. The fraction of sp³-hybridized carbons (Fsp3) is 0.271. The van der Waals surface area contributed by atoms with Crippen LogP contribution in [-0.2, 0) is 12.8 Å². The summed E-state index contributed by atoms with van der Waals surface area (Å²) < 4.78 is 16.7. The minimum atomic E-state index is 0.00493. The third-order valence-corrected chi connectivity index (χ3v) is 15.4. The molecule has 0 saturated carbocycles. The first kappa shape index (κ1) is 43.8. The summed E-state index contributed by atoms with van der Waals surface area (Å²) in [5, 5.41) is 17.1. The molecule has 3 heterocycles. The van der Waals surface area contributed by atoms with Gasteiger partial charge in [0.15, 0.2) is 6.54 Å². The lowest BCUT2D eigenvalue weighted by atomic mass is 9.93. The lowest BCUT2D eigenvalue weighted by molar-refractivity contribution is 0.291. The highest BCUT2D eigenvalue weighted by atomic mass is 32.2. The van der Waals surface area contributed by atoms with Crippen LogP contribution < -0.4 is 19.7 Å². The lowest BCUT2D eigenvalue weighted by Crippen LogP contribution is -2.28. The average Bonchev–Trinajstić information content (AvgIpc) is 3.37. The predicted molar refractivity (Wildman–Crippen MR) is 281 cm³/mol. The molecule has 10 rings (SSSR count). The standard InChI is InChI=1S/C59H60N3O3S2/c1-3-5-7-11-17-41-23-29-50-54(35-41)66-56-37-43(38-57-59(56)62(50)51-30-24-42(36-55(51)67-57)18-12-8-6-4-2)58-48-27-25-46(60(31-33-63)44-19-13-9-14-20-44)39-52(48)65-53-40-47(26-28-49(53)58)61(32-34-64)45-21-15-10-16-22-45/h9-10,13-16,19-30,35-40,63-64H,3-8,11-12,17-18,31-34H2,1-2H3/q+1/i63T. The van der Waals surface area contributed by atoms with Crippen molar-refractivity contribution in [3.8, 4) is 22.5 Å². The maximum atomic E-state index is 10.3. The van der Waals surface area contributed by atoms with E-state index in [-0.39, 0.29) is 13.2 Å². The van der Waals surface area contributed by atoms with Crippen LogP contribution in [0.3, 0.4) is 0 Å². The fourth-order valence-corrected chi connectivity index (χ4v) is 12.4. The second-order valence-corrected chi connectivity index (χ2v) is 20.0. The van der Waals surface area contributed by atoms with E-state index in [1.54, 1.807) is 0 Å². The van der Waals surface area contributed by atoms with Crippen LogP contribution in [0.5, 0.6) is 0 Å². The maximum Gasteiger partial charge on any atom is 0.210 e. The SMILES string of the molecule is [3H]OCCN(c1ccccc1)c1ccc2c(-c3cc4c5c(c3)Sc3cc(CCCCCC)ccc3N5c3ccc(CCCCCC)cc3S4)c3ccc(=[N+](CCO)c4ccccc4)cc-3oc2c1. The minimum absolute atomic E-state index is 0.00493. The van der Waals surface area contributed by atoms with Gasteiger partial charge in [0.2, 0.25) is 12.5 Å². The summed E-state index contributed by atoms with van der Waals surface area (Å²) in [5.74, 6) is 0.756. The van der Waals surface area contributed by atoms with Crippen molar-refractivity contribution in [2.45, 2.75) is 97.6 Å². The second kappa shape index (κ2) is 20.6. The van der Waals surface area contributed by atoms with Gasteiger partial charge in [0.05, 0.1) is 29.7 Å². The zero-order valence-corrected chi connectivity index (χ0v) is 40.3. The van der Waals surface area contributed by atoms with Crippen molar-refractivity contribution < 1.29 is 14.6 Å². The molecule has 2 N–H and O–H groups in total. The third kappa shape index (κ3) is 9.29. The molecule has 67 heavy (non-hydrogen) atoms. The van der Waals surface area contributed by atoms with Crippen LogP contribution in [-0.4, -0.2) is 37.9 Å². The Morgan fingerprint density at radius 3 is 1.91 bits per heavy atom. The highest BCUT2D eigenvalue weighted by Crippen LogP contribution is 2.61. The monoisotopic (exact) mass is 924 g/mol. The molecular weight excluding hydrogens is 863 g/mol. The van der Waals surface area contributed by atoms with Crippen molar-refractivity contribution in [1.82, 2.24) is 4.58 Å². The van der Waals surface area contributed by atoms with E-state index < -0.39 is 0 Å². The Labute approximate surface area is 405 Å². The van der Waals surface area contributed by atoms with Gasteiger partial charge in [-0.3, -0.25) is 0 Å². The van der Waals surface area contributed by atoms with E-state index in [4.69, 9.17) is 11.0 Å². The molecule has 3 aliphatic heterocycles. The summed E-state index contributed by atoms with van der Waals surface area (Å²) in [6.07, 6.45) is 12.1. The molecule has 0 spiro atoms. The molecule has 4 aliphatic rings. The van der Waals surface area contributed by atoms with E-state index in [0.29, 0.717) is 13.1 Å². The van der Waals surface area contributed by atoms with Crippen LogP contribution >= 0.6 is 23.5 Å². The van der Waals surface area contributed by atoms with Crippen molar-refractivity contribution in [2.24, 2.45) is 0 Å². The molecule has 6 nitrogen and oxygen atoms in total. The van der Waals surface area contributed by atoms with Crippen LogP contribution in [0.2, 0.25) is 0 Å². The number of anilines is 5. The van der Waals surface area contributed by atoms with E-state index >= 15 is 0 Å². The van der Waals surface area contributed by atoms with Crippen LogP contribution in [0.1, 0.15) is 76.3 Å². The molecule has 0 saturated heterocycles. The summed E-state index contributed by atoms with van der Waals surface area (Å²) >= 11 is 3.80. The van der Waals surface area contributed by atoms with Gasteiger partial charge in [0.1, 0.15) is 18.0 Å². The first-order valence-corrected chi connectivity index (χ1v) is 26.0. The second-order valence-electron chi connectivity index (χ2n) is 17.8. The number of aliphatic hydroxyl groups is 2. The van der Waals surface area contributed by atoms with Gasteiger partial charge >= 0.3 is 0 Å². The summed E-state index contributed by atoms with van der Waals surface area (Å²) in [7, 11) is 0. The van der Waals surface area contributed by atoms with E-state index in [2.05, 4.69) is 137 Å². The number of aryl methyl sites for hydroxylation is 2. The number of unbranched alkanes of at least 4 members (excludes halogenated alkanes) is 6. The number of fused-ring (bicyclic) bond motifs is 6. The number of para-hydroxylation sites is 2. The molecule has 340 valence electrons. The van der Waals surface area contributed by atoms with Gasteiger partial charge in [-0.15, -0.1) is 0 Å². The largest absolute Gasteiger partial charge is 0.456 e. The molecular formula is C59H60N3O3S2+. The number of nitrogens with zero attached hydrogens (tertiary/aromatic N) is 3. The summed E-state index contributed by atoms with van der Waals surface area (Å²) in [4.78, 5) is 9.80. The molecule has 6 aromatic rings. The van der Waals surface area contributed by atoms with Crippen molar-refractivity contribution in [3.63, 3.8) is 0 Å². The van der Waals surface area contributed by atoms with Crippen molar-refractivity contribution in [3.05, 3.63) is 162 Å². The fourth-order valence-electron chi connectivity index (χ4n) is 9.92. The molecule has 1 aliphatic carbocycles. The smallest absolute Gasteiger partial charge is 0.210 e. The van der Waals surface area contributed by atoms with Crippen molar-refractivity contribution in [1.29, 1.82) is 1.43 Å². The lowest BCUT2D eigenvalue weighted by Gasteiger charge is -2.39. The van der Waals surface area contributed by atoms with E-state index in [1.807, 2.05) is 59.9 Å². The van der Waals surface area contributed by atoms with Gasteiger partial charge in [0.25, 0.3) is 0 Å². The van der Waals surface area contributed by atoms with Gasteiger partial charge in [-0.05, 0) is 109 Å². The number of hydrogen-bond donors (Lipinski definition) is 2. The van der Waals surface area contributed by atoms with Gasteiger partial charge < -0.3 is 24.4 Å². The zero-order chi connectivity index (χ0) is 46.4. The van der Waals surface area contributed by atoms with Crippen LogP contribution in [0.25, 0.3) is 33.4 Å². The average molecular weight is 925 g/mol. The molecule has 8 heteroatoms. The number of hydrogen-bond acceptors (Lipinski definition) is 7. The Hall–Kier alpha value is -5.77. The topological polar surface area (TPSA) is 63.1 Å². The Kier molecular flexibility index (Phi) is 13.5. The molecule has 0 atom stereocenters. The quantitative estimate of drug-likeness (QED) is 0.0476. The maximum absolute atomic E-state index is 10.3. The Balaban J connectivity index is 1.17. The normalized spacial score (nSPS) is 13.3. The van der Waals surface area contributed by atoms with Crippen molar-refractivity contribution in [2.75, 3.05) is 36.1 Å². The van der Waals surface area contributed by atoms with Crippen molar-refractivity contribution >= 4 is 68.6 Å². The summed E-state index contributed by atoms with van der Waals surface area (Å²) in [6.45, 7) is 5.74.